The van der Waals surface area contributed by atoms with Crippen LogP contribution in [0.15, 0.2) is 12.1 Å². The minimum absolute atomic E-state index is 0.281. The van der Waals surface area contributed by atoms with E-state index in [4.69, 9.17) is 27.9 Å². The lowest BCUT2D eigenvalue weighted by Gasteiger charge is -2.26. The smallest absolute Gasteiger partial charge is 0.379 e. The summed E-state index contributed by atoms with van der Waals surface area (Å²) in [5, 5.41) is 0.00644. The molecule has 1 aromatic carbocycles. The Bertz CT molecular complexity index is 488. The zero-order valence-corrected chi connectivity index (χ0v) is 12.9. The lowest BCUT2D eigenvalue weighted by atomic mass is 10.1. The molecule has 1 fully saturated rings. The fraction of sp³-hybridized carbons (Fsp3) is 0.571. The second-order valence-electron chi connectivity index (χ2n) is 4.94. The third-order valence-corrected chi connectivity index (χ3v) is 4.28. The summed E-state index contributed by atoms with van der Waals surface area (Å²) in [6.45, 7) is 3.90. The highest BCUT2D eigenvalue weighted by Gasteiger charge is 2.34. The summed E-state index contributed by atoms with van der Waals surface area (Å²) in [6, 6.07) is 2.19. The van der Waals surface area contributed by atoms with E-state index in [1.165, 1.54) is 6.07 Å². The number of rotatable bonds is 4. The summed E-state index contributed by atoms with van der Waals surface area (Å²) in [5.74, 6) is 0. The van der Waals surface area contributed by atoms with Crippen LogP contribution in [0.25, 0.3) is 0 Å². The molecule has 0 unspecified atom stereocenters. The van der Waals surface area contributed by atoms with E-state index in [9.17, 15) is 13.2 Å². The Balaban J connectivity index is 2.02. The largest absolute Gasteiger partial charge is 0.417 e. The molecule has 2 nitrogen and oxygen atoms in total. The molecule has 0 saturated carbocycles. The lowest BCUT2D eigenvalue weighted by Crippen LogP contribution is -2.36. The molecular formula is C14H16Cl2F3NO. The van der Waals surface area contributed by atoms with Crippen LogP contribution in [0, 0.1) is 0 Å². The van der Waals surface area contributed by atoms with Gasteiger partial charge >= 0.3 is 6.18 Å². The van der Waals surface area contributed by atoms with Crippen molar-refractivity contribution in [3.05, 3.63) is 33.3 Å². The fourth-order valence-electron chi connectivity index (χ4n) is 2.35. The summed E-state index contributed by atoms with van der Waals surface area (Å²) in [4.78, 5) is 2.22. The van der Waals surface area contributed by atoms with E-state index < -0.39 is 11.7 Å². The van der Waals surface area contributed by atoms with Crippen molar-refractivity contribution in [3.8, 4) is 0 Å². The van der Waals surface area contributed by atoms with Gasteiger partial charge in [0.2, 0.25) is 0 Å². The van der Waals surface area contributed by atoms with Crippen molar-refractivity contribution < 1.29 is 17.9 Å². The summed E-state index contributed by atoms with van der Waals surface area (Å²) in [6.07, 6.45) is -3.32. The van der Waals surface area contributed by atoms with Crippen molar-refractivity contribution in [1.29, 1.82) is 0 Å². The molecule has 1 heterocycles. The monoisotopic (exact) mass is 341 g/mol. The van der Waals surface area contributed by atoms with Gasteiger partial charge in [0.1, 0.15) is 0 Å². The number of alkyl halides is 3. The van der Waals surface area contributed by atoms with Crippen LogP contribution in [-0.2, 0) is 17.3 Å². The van der Waals surface area contributed by atoms with Gasteiger partial charge in [-0.1, -0.05) is 23.2 Å². The SMILES string of the molecule is FC(F)(F)c1ccc(Cl)c(CCCN2CCOCC2)c1Cl. The first-order valence-electron chi connectivity index (χ1n) is 6.74. The Hall–Kier alpha value is -0.490. The highest BCUT2D eigenvalue weighted by molar-refractivity contribution is 6.36. The van der Waals surface area contributed by atoms with Crippen molar-refractivity contribution in [2.45, 2.75) is 19.0 Å². The number of hydrogen-bond donors (Lipinski definition) is 0. The standard InChI is InChI=1S/C14H16Cl2F3NO/c15-12-4-3-11(14(17,18)19)13(16)10(12)2-1-5-20-6-8-21-9-7-20/h3-4H,1-2,5-9H2. The predicted molar refractivity (Wildman–Crippen MR) is 77.0 cm³/mol. The number of hydrogen-bond acceptors (Lipinski definition) is 2. The highest BCUT2D eigenvalue weighted by Crippen LogP contribution is 2.39. The summed E-state index contributed by atoms with van der Waals surface area (Å²) in [7, 11) is 0. The van der Waals surface area contributed by atoms with Crippen LogP contribution in [0.5, 0.6) is 0 Å². The van der Waals surface area contributed by atoms with Gasteiger partial charge in [-0.3, -0.25) is 4.90 Å². The molecule has 0 aliphatic carbocycles. The minimum atomic E-state index is -4.46. The molecular weight excluding hydrogens is 326 g/mol. The minimum Gasteiger partial charge on any atom is -0.379 e. The van der Waals surface area contributed by atoms with Gasteiger partial charge in [0, 0.05) is 18.1 Å². The van der Waals surface area contributed by atoms with E-state index >= 15 is 0 Å². The van der Waals surface area contributed by atoms with Crippen LogP contribution in [-0.4, -0.2) is 37.7 Å². The molecule has 0 radical (unpaired) electrons. The second-order valence-corrected chi connectivity index (χ2v) is 5.73. The van der Waals surface area contributed by atoms with Gasteiger partial charge in [0.15, 0.2) is 0 Å². The third-order valence-electron chi connectivity index (χ3n) is 3.50. The molecule has 1 aliphatic heterocycles. The van der Waals surface area contributed by atoms with E-state index in [1.807, 2.05) is 0 Å². The van der Waals surface area contributed by atoms with E-state index in [-0.39, 0.29) is 10.0 Å². The van der Waals surface area contributed by atoms with Crippen LogP contribution in [0.1, 0.15) is 17.5 Å². The Morgan fingerprint density at radius 2 is 1.81 bits per heavy atom. The van der Waals surface area contributed by atoms with Crippen molar-refractivity contribution in [2.24, 2.45) is 0 Å². The molecule has 1 aromatic rings. The maximum Gasteiger partial charge on any atom is 0.417 e. The fourth-order valence-corrected chi connectivity index (χ4v) is 3.02. The second kappa shape index (κ2) is 7.18. The van der Waals surface area contributed by atoms with Crippen molar-refractivity contribution >= 4 is 23.2 Å². The summed E-state index contributed by atoms with van der Waals surface area (Å²) < 4.78 is 43.7. The lowest BCUT2D eigenvalue weighted by molar-refractivity contribution is -0.137. The van der Waals surface area contributed by atoms with E-state index in [2.05, 4.69) is 4.90 Å². The molecule has 0 aromatic heterocycles. The van der Waals surface area contributed by atoms with Gasteiger partial charge in [-0.25, -0.2) is 0 Å². The predicted octanol–water partition coefficient (Wildman–Crippen LogP) is 4.28. The number of ether oxygens (including phenoxy) is 1. The zero-order valence-electron chi connectivity index (χ0n) is 11.3. The maximum atomic E-state index is 12.8. The van der Waals surface area contributed by atoms with Gasteiger partial charge in [0.05, 0.1) is 23.8 Å². The van der Waals surface area contributed by atoms with Gasteiger partial charge in [-0.15, -0.1) is 0 Å². The number of nitrogens with zero attached hydrogens (tertiary/aromatic N) is 1. The van der Waals surface area contributed by atoms with Crippen LogP contribution >= 0.6 is 23.2 Å². The van der Waals surface area contributed by atoms with Gasteiger partial charge in [0.25, 0.3) is 0 Å². The molecule has 0 spiro atoms. The van der Waals surface area contributed by atoms with Crippen molar-refractivity contribution in [1.82, 2.24) is 4.90 Å². The van der Waals surface area contributed by atoms with Gasteiger partial charge in [-0.05, 0) is 37.1 Å². The summed E-state index contributed by atoms with van der Waals surface area (Å²) in [5.41, 5.74) is -0.448. The van der Waals surface area contributed by atoms with Gasteiger partial charge in [-0.2, -0.15) is 13.2 Å². The van der Waals surface area contributed by atoms with Gasteiger partial charge < -0.3 is 4.74 Å². The highest BCUT2D eigenvalue weighted by atomic mass is 35.5. The van der Waals surface area contributed by atoms with Crippen LogP contribution in [0.4, 0.5) is 13.2 Å². The molecule has 21 heavy (non-hydrogen) atoms. The van der Waals surface area contributed by atoms with Crippen LogP contribution in [0.3, 0.4) is 0 Å². The number of morpholine rings is 1. The van der Waals surface area contributed by atoms with Crippen molar-refractivity contribution in [2.75, 3.05) is 32.8 Å². The third kappa shape index (κ3) is 4.49. The van der Waals surface area contributed by atoms with E-state index in [1.54, 1.807) is 0 Å². The van der Waals surface area contributed by atoms with E-state index in [0.29, 0.717) is 31.6 Å². The summed E-state index contributed by atoms with van der Waals surface area (Å²) >= 11 is 11.9. The normalized spacial score (nSPS) is 17.2. The molecule has 1 saturated heterocycles. The molecule has 1 aliphatic rings. The maximum absolute atomic E-state index is 12.8. The quantitative estimate of drug-likeness (QED) is 0.810. The first kappa shape index (κ1) is 16.9. The number of halogens is 5. The van der Waals surface area contributed by atoms with Crippen LogP contribution in [0.2, 0.25) is 10.0 Å². The van der Waals surface area contributed by atoms with Crippen LogP contribution < -0.4 is 0 Å². The average Bonchev–Trinajstić information content (AvgIpc) is 2.42. The Morgan fingerprint density at radius 3 is 2.43 bits per heavy atom. The Labute approximate surface area is 131 Å². The molecule has 0 N–H and O–H groups in total. The first-order chi connectivity index (χ1) is 9.89. The first-order valence-corrected chi connectivity index (χ1v) is 7.49. The number of benzene rings is 1. The molecule has 0 atom stereocenters. The molecule has 0 amide bonds. The average molecular weight is 342 g/mol. The van der Waals surface area contributed by atoms with Crippen molar-refractivity contribution in [3.63, 3.8) is 0 Å². The topological polar surface area (TPSA) is 12.5 Å². The molecule has 2 rings (SSSR count). The molecule has 7 heteroatoms. The Kier molecular flexibility index (Phi) is 5.77. The Morgan fingerprint density at radius 1 is 1.14 bits per heavy atom. The zero-order chi connectivity index (χ0) is 15.5. The molecule has 118 valence electrons. The van der Waals surface area contributed by atoms with E-state index in [0.717, 1.165) is 25.7 Å². The molecule has 0 bridgehead atoms.